The second-order valence-electron chi connectivity index (χ2n) is 6.77. The van der Waals surface area contributed by atoms with E-state index in [2.05, 4.69) is 20.5 Å². The Morgan fingerprint density at radius 2 is 1.82 bits per heavy atom. The third kappa shape index (κ3) is 4.45. The van der Waals surface area contributed by atoms with Crippen LogP contribution in [-0.4, -0.2) is 29.4 Å². The van der Waals surface area contributed by atoms with Gasteiger partial charge in [-0.15, -0.1) is 5.10 Å². The molecule has 6 nitrogen and oxygen atoms in total. The predicted molar refractivity (Wildman–Crippen MR) is 112 cm³/mol. The summed E-state index contributed by atoms with van der Waals surface area (Å²) in [4.78, 5) is 17.2. The van der Waals surface area contributed by atoms with E-state index < -0.39 is 5.41 Å². The molecular weight excluding hydrogens is 371 g/mol. The van der Waals surface area contributed by atoms with Gasteiger partial charge in [-0.2, -0.15) is 0 Å². The molecule has 0 aliphatic carbocycles. The molecule has 0 aliphatic rings. The molecule has 0 saturated heterocycles. The Bertz CT molecular complexity index is 958. The van der Waals surface area contributed by atoms with Gasteiger partial charge in [0.15, 0.2) is 0 Å². The van der Waals surface area contributed by atoms with Crippen LogP contribution in [-0.2, 0) is 9.50 Å². The number of anilines is 1. The van der Waals surface area contributed by atoms with E-state index in [9.17, 15) is 9.50 Å². The molecule has 1 heterocycles. The molecule has 0 fully saturated rings. The van der Waals surface area contributed by atoms with Gasteiger partial charge in [-0.1, -0.05) is 0 Å². The van der Waals surface area contributed by atoms with Gasteiger partial charge < -0.3 is 0 Å². The van der Waals surface area contributed by atoms with E-state index in [1.165, 1.54) is 17.5 Å². The minimum absolute atomic E-state index is 0.138. The van der Waals surface area contributed by atoms with Crippen LogP contribution in [0.2, 0.25) is 0 Å². The molecule has 0 bridgehead atoms. The minimum atomic E-state index is -0.763. The number of nitrogens with zero attached hydrogens (tertiary/aromatic N) is 3. The number of carbonyl (C=O) groups excluding carboxylic acids is 1. The van der Waals surface area contributed by atoms with Gasteiger partial charge in [-0.05, 0) is 0 Å². The number of aliphatic imine (C=N–C) groups is 1. The number of amides is 1. The van der Waals surface area contributed by atoms with Gasteiger partial charge in [0, 0.05) is 0 Å². The molecule has 1 aromatic heterocycles. The molecule has 1 amide bonds. The van der Waals surface area contributed by atoms with Crippen molar-refractivity contribution in [1.82, 2.24) is 10.2 Å². The van der Waals surface area contributed by atoms with Gasteiger partial charge in [0.2, 0.25) is 0 Å². The Hall–Kier alpha value is -3.00. The summed E-state index contributed by atoms with van der Waals surface area (Å²) in [5, 5.41) is 11.0. The van der Waals surface area contributed by atoms with Crippen molar-refractivity contribution in [2.45, 2.75) is 19.8 Å². The number of benzene rings is 2. The summed E-state index contributed by atoms with van der Waals surface area (Å²) in [7, 11) is 0.640. The van der Waals surface area contributed by atoms with Crippen molar-refractivity contribution in [3.8, 4) is 0 Å². The van der Waals surface area contributed by atoms with Gasteiger partial charge in [-0.25, -0.2) is 0 Å². The molecule has 3 rings (SSSR count). The standard InChI is InChI=1S/C20H19BN4O2S/c1-20(2,18(26)24-19-25-23-13-28-19)17(14-6-4-3-5-7-14)15-8-10-16(11-9-15)22-12-21-27/h3-13,17H,1-2H3,(H,24,25,26). The fourth-order valence-corrected chi connectivity index (χ4v) is 3.60. The third-order valence-corrected chi connectivity index (χ3v) is 5.14. The molecular formula is C20H19BN4O2S. The van der Waals surface area contributed by atoms with Crippen LogP contribution in [0, 0.1) is 5.41 Å². The van der Waals surface area contributed by atoms with Crippen molar-refractivity contribution in [3.63, 3.8) is 0 Å². The first kappa shape index (κ1) is 19.8. The summed E-state index contributed by atoms with van der Waals surface area (Å²) < 4.78 is 10.5. The Balaban J connectivity index is 1.98. The fraction of sp³-hybridized carbons (Fsp3) is 0.200. The first-order valence-corrected chi connectivity index (χ1v) is 9.60. The summed E-state index contributed by atoms with van der Waals surface area (Å²) in [5.74, 6) is -0.327. The number of aromatic nitrogens is 2. The van der Waals surface area contributed by atoms with Gasteiger partial charge in [0.05, 0.1) is 0 Å². The van der Waals surface area contributed by atoms with Crippen LogP contribution in [0.4, 0.5) is 10.8 Å². The van der Waals surface area contributed by atoms with Crippen LogP contribution < -0.4 is 5.32 Å². The number of nitrogens with one attached hydrogen (secondary N) is 1. The monoisotopic (exact) mass is 390 g/mol. The molecule has 0 spiro atoms. The summed E-state index contributed by atoms with van der Waals surface area (Å²) in [5.41, 5.74) is 3.51. The van der Waals surface area contributed by atoms with E-state index in [1.807, 2.05) is 68.4 Å². The van der Waals surface area contributed by atoms with E-state index in [0.29, 0.717) is 18.0 Å². The zero-order chi connectivity index (χ0) is 20.0. The van der Waals surface area contributed by atoms with Crippen molar-refractivity contribution in [2.24, 2.45) is 10.4 Å². The van der Waals surface area contributed by atoms with Gasteiger partial charge >= 0.3 is 157 Å². The zero-order valence-electron chi connectivity index (χ0n) is 15.6. The summed E-state index contributed by atoms with van der Waals surface area (Å²) in [6.07, 6.45) is 1.21. The molecule has 28 heavy (non-hydrogen) atoms. The second-order valence-corrected chi connectivity index (χ2v) is 7.60. The van der Waals surface area contributed by atoms with Crippen LogP contribution in [0.25, 0.3) is 0 Å². The number of hydrogen-bond donors (Lipinski definition) is 1. The maximum atomic E-state index is 13.1. The summed E-state index contributed by atoms with van der Waals surface area (Å²) >= 11 is 1.28. The SMILES string of the molecule is CC(C)(C(=O)Nc1nncs1)C(c1ccccc1)c1ccc(N=CB=O)cc1. The predicted octanol–water partition coefficient (Wildman–Crippen LogP) is 4.04. The average Bonchev–Trinajstić information content (AvgIpc) is 3.21. The summed E-state index contributed by atoms with van der Waals surface area (Å²) in [6.45, 7) is 3.83. The fourth-order valence-electron chi connectivity index (χ4n) is 3.16. The topological polar surface area (TPSA) is 84.3 Å². The Morgan fingerprint density at radius 3 is 2.43 bits per heavy atom. The van der Waals surface area contributed by atoms with E-state index >= 15 is 0 Å². The van der Waals surface area contributed by atoms with Crippen molar-refractivity contribution >= 4 is 41.3 Å². The first-order chi connectivity index (χ1) is 13.5. The van der Waals surface area contributed by atoms with Crippen LogP contribution in [0.15, 0.2) is 65.1 Å². The number of rotatable bonds is 7. The summed E-state index contributed by atoms with van der Waals surface area (Å²) in [6, 6.07) is 17.5. The molecule has 0 saturated carbocycles. The molecule has 0 radical (unpaired) electrons. The Labute approximate surface area is 168 Å². The van der Waals surface area contributed by atoms with Crippen LogP contribution in [0.3, 0.4) is 0 Å². The van der Waals surface area contributed by atoms with Gasteiger partial charge in [-0.3, -0.25) is 0 Å². The molecule has 1 atom stereocenters. The van der Waals surface area contributed by atoms with E-state index in [0.717, 1.165) is 11.1 Å². The zero-order valence-corrected chi connectivity index (χ0v) is 16.4. The van der Waals surface area contributed by atoms with Gasteiger partial charge in [0.1, 0.15) is 5.51 Å². The second kappa shape index (κ2) is 8.80. The normalized spacial score (nSPS) is 12.5. The third-order valence-electron chi connectivity index (χ3n) is 4.53. The average molecular weight is 390 g/mol. The number of carbonyl (C=O) groups is 1. The Kier molecular flexibility index (Phi) is 6.21. The molecule has 8 heteroatoms. The molecule has 0 aliphatic heterocycles. The van der Waals surface area contributed by atoms with Crippen molar-refractivity contribution in [2.75, 3.05) is 5.32 Å². The van der Waals surface area contributed by atoms with Crippen molar-refractivity contribution in [1.29, 1.82) is 0 Å². The van der Waals surface area contributed by atoms with Crippen LogP contribution in [0.5, 0.6) is 0 Å². The van der Waals surface area contributed by atoms with E-state index in [4.69, 9.17) is 0 Å². The quantitative estimate of drug-likeness (QED) is 0.487. The molecule has 2 aromatic carbocycles. The van der Waals surface area contributed by atoms with Crippen molar-refractivity contribution < 1.29 is 9.50 Å². The molecule has 1 unspecified atom stereocenters. The van der Waals surface area contributed by atoms with Crippen LogP contribution >= 0.6 is 11.3 Å². The molecule has 140 valence electrons. The van der Waals surface area contributed by atoms with Crippen LogP contribution in [0.1, 0.15) is 30.9 Å². The van der Waals surface area contributed by atoms with E-state index in [-0.39, 0.29) is 11.8 Å². The number of hydrogen-bond acceptors (Lipinski definition) is 6. The Morgan fingerprint density at radius 1 is 1.14 bits per heavy atom. The van der Waals surface area contributed by atoms with E-state index in [1.54, 1.807) is 5.51 Å². The molecule has 3 aromatic rings. The maximum absolute atomic E-state index is 13.1. The van der Waals surface area contributed by atoms with Crippen molar-refractivity contribution in [3.05, 3.63) is 71.2 Å². The first-order valence-electron chi connectivity index (χ1n) is 8.72. The molecule has 1 N–H and O–H groups in total. The van der Waals surface area contributed by atoms with Gasteiger partial charge in [0.25, 0.3) is 0 Å².